The number of halogens is 1. The van der Waals surface area contributed by atoms with E-state index in [-0.39, 0.29) is 6.61 Å². The van der Waals surface area contributed by atoms with Gasteiger partial charge in [-0.15, -0.1) is 0 Å². The number of hydrogen-bond acceptors (Lipinski definition) is 4. The summed E-state index contributed by atoms with van der Waals surface area (Å²) in [5, 5.41) is 12.7. The van der Waals surface area contributed by atoms with Gasteiger partial charge in [-0.1, -0.05) is 29.8 Å². The molecule has 2 N–H and O–H groups in total. The maximum absolute atomic E-state index is 9.25. The smallest absolute Gasteiger partial charge is 0.0637 e. The van der Waals surface area contributed by atoms with Gasteiger partial charge in [0.25, 0.3) is 0 Å². The molecule has 0 aliphatic heterocycles. The Morgan fingerprint density at radius 2 is 2.10 bits per heavy atom. The first-order valence-electron chi connectivity index (χ1n) is 6.95. The van der Waals surface area contributed by atoms with Crippen LogP contribution in [0.4, 0.5) is 5.69 Å². The predicted octanol–water partition coefficient (Wildman–Crippen LogP) is 2.39. The Balaban J connectivity index is 2.92. The van der Waals surface area contributed by atoms with Crippen molar-refractivity contribution in [3.63, 3.8) is 0 Å². The van der Waals surface area contributed by atoms with Crippen LogP contribution < -0.4 is 10.2 Å². The Morgan fingerprint density at radius 3 is 2.70 bits per heavy atom. The van der Waals surface area contributed by atoms with Crippen LogP contribution in [0.3, 0.4) is 0 Å². The van der Waals surface area contributed by atoms with Gasteiger partial charge in [-0.2, -0.15) is 0 Å². The van der Waals surface area contributed by atoms with Crippen molar-refractivity contribution < 1.29 is 9.84 Å². The Labute approximate surface area is 130 Å². The molecule has 0 radical (unpaired) electrons. The number of aliphatic hydroxyl groups is 1. The molecule has 0 saturated carbocycles. The Bertz CT molecular complexity index is 399. The maximum atomic E-state index is 9.25. The topological polar surface area (TPSA) is 44.7 Å². The highest BCUT2D eigenvalue weighted by Crippen LogP contribution is 2.24. The number of benzene rings is 1. The van der Waals surface area contributed by atoms with E-state index in [1.807, 2.05) is 6.07 Å². The van der Waals surface area contributed by atoms with Crippen molar-refractivity contribution in [1.82, 2.24) is 5.32 Å². The van der Waals surface area contributed by atoms with Crippen LogP contribution in [0.5, 0.6) is 0 Å². The van der Waals surface area contributed by atoms with Gasteiger partial charge < -0.3 is 20.1 Å². The average molecular weight is 345 g/mol. The number of ether oxygens (including phenoxy) is 1. The van der Waals surface area contributed by atoms with Gasteiger partial charge in [0, 0.05) is 42.9 Å². The lowest BCUT2D eigenvalue weighted by atomic mass is 10.1. The van der Waals surface area contributed by atoms with E-state index >= 15 is 0 Å². The van der Waals surface area contributed by atoms with Crippen molar-refractivity contribution in [3.8, 4) is 0 Å². The van der Waals surface area contributed by atoms with Crippen molar-refractivity contribution in [2.24, 2.45) is 0 Å². The van der Waals surface area contributed by atoms with E-state index in [1.165, 1.54) is 5.56 Å². The van der Waals surface area contributed by atoms with Gasteiger partial charge in [-0.3, -0.25) is 0 Å². The fraction of sp³-hybridized carbons (Fsp3) is 0.600. The summed E-state index contributed by atoms with van der Waals surface area (Å²) in [4.78, 5) is 2.16. The maximum Gasteiger partial charge on any atom is 0.0637 e. The number of nitrogens with one attached hydrogen (secondary N) is 1. The van der Waals surface area contributed by atoms with E-state index in [4.69, 9.17) is 4.74 Å². The lowest BCUT2D eigenvalue weighted by Gasteiger charge is -2.27. The zero-order chi connectivity index (χ0) is 15.0. The van der Waals surface area contributed by atoms with E-state index in [2.05, 4.69) is 52.1 Å². The fourth-order valence-corrected chi connectivity index (χ4v) is 2.40. The van der Waals surface area contributed by atoms with E-state index in [0.717, 1.165) is 23.2 Å². The van der Waals surface area contributed by atoms with Gasteiger partial charge in [0.1, 0.15) is 0 Å². The largest absolute Gasteiger partial charge is 0.395 e. The van der Waals surface area contributed by atoms with Gasteiger partial charge in [0.2, 0.25) is 0 Å². The van der Waals surface area contributed by atoms with Crippen LogP contribution in [0.25, 0.3) is 0 Å². The van der Waals surface area contributed by atoms with Crippen LogP contribution in [0.1, 0.15) is 19.4 Å². The molecule has 0 heterocycles. The molecule has 0 atom stereocenters. The van der Waals surface area contributed by atoms with Gasteiger partial charge in [-0.25, -0.2) is 0 Å². The molecule has 1 aromatic rings. The molecule has 0 aliphatic rings. The average Bonchev–Trinajstić information content (AvgIpc) is 2.41. The highest BCUT2D eigenvalue weighted by molar-refractivity contribution is 9.10. The van der Waals surface area contributed by atoms with E-state index in [1.54, 1.807) is 7.11 Å². The molecule has 114 valence electrons. The molecule has 1 rings (SSSR count). The summed E-state index contributed by atoms with van der Waals surface area (Å²) in [5.41, 5.74) is 2.37. The number of hydrogen-bond donors (Lipinski definition) is 2. The van der Waals surface area contributed by atoms with Crippen molar-refractivity contribution in [3.05, 3.63) is 28.2 Å². The van der Waals surface area contributed by atoms with Gasteiger partial charge >= 0.3 is 0 Å². The third-order valence-electron chi connectivity index (χ3n) is 3.02. The minimum Gasteiger partial charge on any atom is -0.395 e. The fourth-order valence-electron chi connectivity index (χ4n) is 1.99. The number of anilines is 1. The first-order chi connectivity index (χ1) is 9.58. The van der Waals surface area contributed by atoms with Gasteiger partial charge in [0.05, 0.1) is 13.2 Å². The standard InChI is InChI=1S/C15H25BrN2O2/c1-12(2)17-11-13-10-14(16)4-5-15(13)18(6-8-19)7-9-20-3/h4-5,10,12,17,19H,6-9,11H2,1-3H3. The lowest BCUT2D eigenvalue weighted by molar-refractivity contribution is 0.203. The molecule has 0 unspecified atom stereocenters. The van der Waals surface area contributed by atoms with Crippen LogP contribution in [0, 0.1) is 0 Å². The normalized spacial score (nSPS) is 11.1. The van der Waals surface area contributed by atoms with Crippen molar-refractivity contribution in [2.45, 2.75) is 26.4 Å². The molecule has 0 saturated heterocycles. The molecular formula is C15H25BrN2O2. The first kappa shape index (κ1) is 17.4. The SMILES string of the molecule is COCCN(CCO)c1ccc(Br)cc1CNC(C)C. The lowest BCUT2D eigenvalue weighted by Crippen LogP contribution is -2.32. The van der Waals surface area contributed by atoms with Crippen molar-refractivity contribution in [2.75, 3.05) is 38.3 Å². The second-order valence-corrected chi connectivity index (χ2v) is 5.93. The van der Waals surface area contributed by atoms with Gasteiger partial charge in [0.15, 0.2) is 0 Å². The van der Waals surface area contributed by atoms with Crippen molar-refractivity contribution in [1.29, 1.82) is 0 Å². The molecule has 1 aromatic carbocycles. The van der Waals surface area contributed by atoms with Crippen LogP contribution in [-0.4, -0.2) is 44.6 Å². The molecule has 0 bridgehead atoms. The molecule has 0 fully saturated rings. The van der Waals surface area contributed by atoms with Crippen LogP contribution in [0.2, 0.25) is 0 Å². The molecule has 5 heteroatoms. The highest BCUT2D eigenvalue weighted by atomic mass is 79.9. The summed E-state index contributed by atoms with van der Waals surface area (Å²) in [7, 11) is 1.69. The van der Waals surface area contributed by atoms with Crippen molar-refractivity contribution >= 4 is 21.6 Å². The number of methoxy groups -OCH3 is 1. The number of rotatable bonds is 9. The zero-order valence-electron chi connectivity index (χ0n) is 12.5. The molecule has 0 aromatic heterocycles. The second kappa shape index (κ2) is 9.34. The molecule has 0 spiro atoms. The molecule has 20 heavy (non-hydrogen) atoms. The summed E-state index contributed by atoms with van der Waals surface area (Å²) in [5.74, 6) is 0. The first-order valence-corrected chi connectivity index (χ1v) is 7.74. The third kappa shape index (κ3) is 5.79. The summed E-state index contributed by atoms with van der Waals surface area (Å²) in [6.07, 6.45) is 0. The third-order valence-corrected chi connectivity index (χ3v) is 3.51. The predicted molar refractivity (Wildman–Crippen MR) is 87.3 cm³/mol. The second-order valence-electron chi connectivity index (χ2n) is 5.01. The van der Waals surface area contributed by atoms with Gasteiger partial charge in [-0.05, 0) is 23.8 Å². The minimum absolute atomic E-state index is 0.136. The Hall–Kier alpha value is -0.620. The molecule has 0 aliphatic carbocycles. The van der Waals surface area contributed by atoms with E-state index in [9.17, 15) is 5.11 Å². The Kier molecular flexibility index (Phi) is 8.14. The van der Waals surface area contributed by atoms with E-state index < -0.39 is 0 Å². The van der Waals surface area contributed by atoms with E-state index in [0.29, 0.717) is 19.2 Å². The van der Waals surface area contributed by atoms with Crippen LogP contribution in [0.15, 0.2) is 22.7 Å². The molecule has 4 nitrogen and oxygen atoms in total. The highest BCUT2D eigenvalue weighted by Gasteiger charge is 2.11. The number of nitrogens with zero attached hydrogens (tertiary/aromatic N) is 1. The summed E-state index contributed by atoms with van der Waals surface area (Å²) in [6, 6.07) is 6.69. The monoisotopic (exact) mass is 344 g/mol. The molecule has 0 amide bonds. The number of aliphatic hydroxyl groups excluding tert-OH is 1. The van der Waals surface area contributed by atoms with Crippen LogP contribution >= 0.6 is 15.9 Å². The Morgan fingerprint density at radius 1 is 1.35 bits per heavy atom. The van der Waals surface area contributed by atoms with Crippen LogP contribution in [-0.2, 0) is 11.3 Å². The summed E-state index contributed by atoms with van der Waals surface area (Å²) in [6.45, 7) is 7.24. The molecular weight excluding hydrogens is 320 g/mol. The summed E-state index contributed by atoms with van der Waals surface area (Å²) >= 11 is 3.52. The zero-order valence-corrected chi connectivity index (χ0v) is 14.1. The quantitative estimate of drug-likeness (QED) is 0.721. The minimum atomic E-state index is 0.136. The summed E-state index contributed by atoms with van der Waals surface area (Å²) < 4.78 is 6.22.